The first-order valence-electron chi connectivity index (χ1n) is 3.64. The molecule has 0 saturated carbocycles. The lowest BCUT2D eigenvalue weighted by molar-refractivity contribution is 0.126. The minimum atomic E-state index is 0.932. The molecule has 0 bridgehead atoms. The lowest BCUT2D eigenvalue weighted by Crippen LogP contribution is -2.48. The van der Waals surface area contributed by atoms with Crippen LogP contribution in [-0.2, 0) is 0 Å². The fourth-order valence-corrected chi connectivity index (χ4v) is 2.03. The van der Waals surface area contributed by atoms with Crippen LogP contribution in [0.3, 0.4) is 0 Å². The average molecular weight is 224 g/mol. The molecule has 1 saturated heterocycles. The third kappa shape index (κ3) is 2.44. The van der Waals surface area contributed by atoms with Gasteiger partial charge in [0.25, 0.3) is 0 Å². The van der Waals surface area contributed by atoms with Crippen molar-refractivity contribution < 1.29 is 0 Å². The molecule has 1 aliphatic heterocycles. The largest absolute Gasteiger partial charge is 0.302 e. The zero-order valence-corrected chi connectivity index (χ0v) is 8.75. The Morgan fingerprint density at radius 3 is 2.80 bits per heavy atom. The zero-order valence-electron chi connectivity index (χ0n) is 6.35. The minimum Gasteiger partial charge on any atom is -0.302 e. The Labute approximate surface area is 75.7 Å². The van der Waals surface area contributed by atoms with Crippen molar-refractivity contribution in [2.24, 2.45) is 5.92 Å². The Morgan fingerprint density at radius 2 is 2.30 bits per heavy atom. The number of hydrogen-bond donors (Lipinski definition) is 0. The van der Waals surface area contributed by atoms with E-state index in [1.165, 1.54) is 30.7 Å². The van der Waals surface area contributed by atoms with Gasteiger partial charge in [-0.1, -0.05) is 15.9 Å². The van der Waals surface area contributed by atoms with Crippen molar-refractivity contribution in [2.75, 3.05) is 37.0 Å². The number of hydrogen-bond acceptors (Lipinski definition) is 2. The SMILES string of the molecule is CSCCN1CC(CBr)C1. The number of alkyl halides is 1. The van der Waals surface area contributed by atoms with E-state index < -0.39 is 0 Å². The van der Waals surface area contributed by atoms with Crippen molar-refractivity contribution >= 4 is 27.7 Å². The Bertz CT molecular complexity index is 90.9. The molecule has 1 heterocycles. The van der Waals surface area contributed by atoms with Crippen LogP contribution in [0.1, 0.15) is 0 Å². The fourth-order valence-electron chi connectivity index (χ4n) is 1.18. The van der Waals surface area contributed by atoms with Crippen LogP contribution in [-0.4, -0.2) is 41.9 Å². The highest BCUT2D eigenvalue weighted by Gasteiger charge is 2.24. The minimum absolute atomic E-state index is 0.932. The summed E-state index contributed by atoms with van der Waals surface area (Å²) in [6.45, 7) is 3.91. The van der Waals surface area contributed by atoms with Crippen LogP contribution in [0.25, 0.3) is 0 Å². The second kappa shape index (κ2) is 4.62. The topological polar surface area (TPSA) is 3.24 Å². The van der Waals surface area contributed by atoms with E-state index in [1.807, 2.05) is 11.8 Å². The fraction of sp³-hybridized carbons (Fsp3) is 1.00. The number of likely N-dealkylation sites (tertiary alicyclic amines) is 1. The molecule has 0 aromatic rings. The molecule has 0 N–H and O–H groups in total. The number of rotatable bonds is 4. The van der Waals surface area contributed by atoms with Crippen LogP contribution in [0.5, 0.6) is 0 Å². The van der Waals surface area contributed by atoms with Crippen molar-refractivity contribution in [1.82, 2.24) is 4.90 Å². The van der Waals surface area contributed by atoms with Gasteiger partial charge in [-0.15, -0.1) is 0 Å². The highest BCUT2D eigenvalue weighted by atomic mass is 79.9. The summed E-state index contributed by atoms with van der Waals surface area (Å²) in [5.41, 5.74) is 0. The summed E-state index contributed by atoms with van der Waals surface area (Å²) in [6.07, 6.45) is 2.17. The molecule has 1 aliphatic rings. The van der Waals surface area contributed by atoms with Crippen molar-refractivity contribution in [2.45, 2.75) is 0 Å². The van der Waals surface area contributed by atoms with Crippen molar-refractivity contribution in [3.63, 3.8) is 0 Å². The Balaban J connectivity index is 1.93. The third-order valence-corrected chi connectivity index (χ3v) is 3.37. The van der Waals surface area contributed by atoms with Crippen LogP contribution in [0.4, 0.5) is 0 Å². The molecule has 60 valence electrons. The van der Waals surface area contributed by atoms with Crippen LogP contribution < -0.4 is 0 Å². The quantitative estimate of drug-likeness (QED) is 0.668. The molecule has 0 spiro atoms. The van der Waals surface area contributed by atoms with E-state index in [4.69, 9.17) is 0 Å². The van der Waals surface area contributed by atoms with Crippen LogP contribution >= 0.6 is 27.7 Å². The van der Waals surface area contributed by atoms with E-state index in [0.717, 1.165) is 5.92 Å². The van der Waals surface area contributed by atoms with Crippen molar-refractivity contribution in [1.29, 1.82) is 0 Å². The maximum atomic E-state index is 3.49. The average Bonchev–Trinajstić information content (AvgIpc) is 1.86. The third-order valence-electron chi connectivity index (χ3n) is 1.86. The van der Waals surface area contributed by atoms with Crippen molar-refractivity contribution in [3.05, 3.63) is 0 Å². The molecule has 0 aromatic carbocycles. The summed E-state index contributed by atoms with van der Waals surface area (Å²) in [6, 6.07) is 0. The molecular formula is C7H14BrNS. The molecule has 0 aliphatic carbocycles. The van der Waals surface area contributed by atoms with Gasteiger partial charge in [0, 0.05) is 30.7 Å². The lowest BCUT2D eigenvalue weighted by atomic mass is 10.0. The van der Waals surface area contributed by atoms with Gasteiger partial charge in [0.15, 0.2) is 0 Å². The van der Waals surface area contributed by atoms with Crippen LogP contribution in [0.2, 0.25) is 0 Å². The molecule has 1 nitrogen and oxygen atoms in total. The molecule has 0 unspecified atom stereocenters. The van der Waals surface area contributed by atoms with E-state index in [1.54, 1.807) is 0 Å². The van der Waals surface area contributed by atoms with Gasteiger partial charge >= 0.3 is 0 Å². The van der Waals surface area contributed by atoms with Gasteiger partial charge < -0.3 is 4.90 Å². The van der Waals surface area contributed by atoms with Gasteiger partial charge in [-0.2, -0.15) is 11.8 Å². The predicted molar refractivity (Wildman–Crippen MR) is 52.1 cm³/mol. The monoisotopic (exact) mass is 223 g/mol. The van der Waals surface area contributed by atoms with Gasteiger partial charge in [-0.3, -0.25) is 0 Å². The highest BCUT2D eigenvalue weighted by molar-refractivity contribution is 9.09. The highest BCUT2D eigenvalue weighted by Crippen LogP contribution is 2.17. The van der Waals surface area contributed by atoms with Gasteiger partial charge in [-0.05, 0) is 12.2 Å². The number of halogens is 1. The van der Waals surface area contributed by atoms with Gasteiger partial charge in [0.2, 0.25) is 0 Å². The molecule has 0 radical (unpaired) electrons. The van der Waals surface area contributed by atoms with Crippen LogP contribution in [0.15, 0.2) is 0 Å². The molecule has 0 aromatic heterocycles. The zero-order chi connectivity index (χ0) is 7.40. The summed E-state index contributed by atoms with van der Waals surface area (Å²) < 4.78 is 0. The molecule has 0 amide bonds. The van der Waals surface area contributed by atoms with Crippen LogP contribution in [0, 0.1) is 5.92 Å². The normalized spacial score (nSPS) is 21.0. The summed E-state index contributed by atoms with van der Waals surface area (Å²) in [4.78, 5) is 2.52. The van der Waals surface area contributed by atoms with E-state index in [-0.39, 0.29) is 0 Å². The molecule has 1 fully saturated rings. The molecular weight excluding hydrogens is 210 g/mol. The first-order valence-corrected chi connectivity index (χ1v) is 6.15. The smallest absolute Gasteiger partial charge is 0.00841 e. The van der Waals surface area contributed by atoms with E-state index >= 15 is 0 Å². The van der Waals surface area contributed by atoms with E-state index in [0.29, 0.717) is 0 Å². The van der Waals surface area contributed by atoms with Crippen molar-refractivity contribution in [3.8, 4) is 0 Å². The maximum Gasteiger partial charge on any atom is 0.00841 e. The first kappa shape index (κ1) is 8.88. The molecule has 0 atom stereocenters. The second-order valence-corrected chi connectivity index (χ2v) is 4.41. The Hall–Kier alpha value is 0.790. The summed E-state index contributed by atoms with van der Waals surface area (Å²) >= 11 is 5.42. The standard InChI is InChI=1S/C7H14BrNS/c1-10-3-2-9-5-7(4-8)6-9/h7H,2-6H2,1H3. The van der Waals surface area contributed by atoms with Gasteiger partial charge in [0.05, 0.1) is 0 Å². The summed E-state index contributed by atoms with van der Waals surface area (Å²) in [5.74, 6) is 2.22. The summed E-state index contributed by atoms with van der Waals surface area (Å²) in [7, 11) is 0. The predicted octanol–water partition coefficient (Wildman–Crippen LogP) is 1.68. The van der Waals surface area contributed by atoms with Gasteiger partial charge in [0.1, 0.15) is 0 Å². The molecule has 1 rings (SSSR count). The molecule has 3 heteroatoms. The second-order valence-electron chi connectivity index (χ2n) is 2.77. The number of nitrogens with zero attached hydrogens (tertiary/aromatic N) is 1. The Kier molecular flexibility index (Phi) is 4.11. The Morgan fingerprint density at radius 1 is 1.60 bits per heavy atom. The summed E-state index contributed by atoms with van der Waals surface area (Å²) in [5, 5.41) is 1.18. The van der Waals surface area contributed by atoms with E-state index in [9.17, 15) is 0 Å². The lowest BCUT2D eigenvalue weighted by Gasteiger charge is -2.38. The number of thioether (sulfide) groups is 1. The molecule has 10 heavy (non-hydrogen) atoms. The maximum absolute atomic E-state index is 3.49. The van der Waals surface area contributed by atoms with E-state index in [2.05, 4.69) is 27.1 Å². The first-order chi connectivity index (χ1) is 4.86. The van der Waals surface area contributed by atoms with Gasteiger partial charge in [-0.25, -0.2) is 0 Å².